The van der Waals surface area contributed by atoms with Gasteiger partial charge >= 0.3 is 0 Å². The van der Waals surface area contributed by atoms with Crippen molar-refractivity contribution in [3.63, 3.8) is 0 Å². The van der Waals surface area contributed by atoms with Crippen LogP contribution in [0.2, 0.25) is 0 Å². The Morgan fingerprint density at radius 2 is 1.94 bits per heavy atom. The van der Waals surface area contributed by atoms with E-state index in [4.69, 9.17) is 10.5 Å². The van der Waals surface area contributed by atoms with Crippen molar-refractivity contribution in [3.05, 3.63) is 23.8 Å². The number of nitrogens with two attached hydrogens (primary N) is 1. The fraction of sp³-hybridized carbons (Fsp3) is 0.571. The van der Waals surface area contributed by atoms with Crippen molar-refractivity contribution in [2.75, 3.05) is 56.6 Å². The Kier molecular flexibility index (Phi) is 3.39. The van der Waals surface area contributed by atoms with Crippen LogP contribution in [-0.2, 0) is 11.2 Å². The van der Waals surface area contributed by atoms with E-state index in [9.17, 15) is 0 Å². The van der Waals surface area contributed by atoms with Gasteiger partial charge in [-0.2, -0.15) is 0 Å². The average Bonchev–Trinajstić information content (AvgIpc) is 2.80. The Morgan fingerprint density at radius 3 is 2.78 bits per heavy atom. The number of hydrogen-bond donors (Lipinski definition) is 1. The Morgan fingerprint density at radius 1 is 1.11 bits per heavy atom. The van der Waals surface area contributed by atoms with E-state index in [1.54, 1.807) is 0 Å². The first kappa shape index (κ1) is 11.8. The molecule has 0 aromatic heterocycles. The molecule has 2 heterocycles. The molecule has 4 heteroatoms. The van der Waals surface area contributed by atoms with Gasteiger partial charge in [0.1, 0.15) is 0 Å². The second-order valence-corrected chi connectivity index (χ2v) is 5.08. The molecule has 4 nitrogen and oxygen atoms in total. The lowest BCUT2D eigenvalue weighted by atomic mass is 10.1. The van der Waals surface area contributed by atoms with E-state index in [1.165, 1.54) is 11.3 Å². The molecule has 0 atom stereocenters. The molecule has 1 fully saturated rings. The normalized spacial score (nSPS) is 20.1. The third-order valence-electron chi connectivity index (χ3n) is 3.89. The zero-order valence-corrected chi connectivity index (χ0v) is 10.8. The van der Waals surface area contributed by atoms with Crippen LogP contribution < -0.4 is 10.6 Å². The van der Waals surface area contributed by atoms with Gasteiger partial charge in [0.25, 0.3) is 0 Å². The molecule has 3 rings (SSSR count). The van der Waals surface area contributed by atoms with Crippen molar-refractivity contribution in [1.82, 2.24) is 4.90 Å². The summed E-state index contributed by atoms with van der Waals surface area (Å²) in [5.41, 5.74) is 9.52. The van der Waals surface area contributed by atoms with E-state index >= 15 is 0 Å². The lowest BCUT2D eigenvalue weighted by Crippen LogP contribution is -2.41. The summed E-state index contributed by atoms with van der Waals surface area (Å²) in [7, 11) is 0. The number of ether oxygens (including phenoxy) is 1. The fourth-order valence-corrected chi connectivity index (χ4v) is 2.78. The second kappa shape index (κ2) is 5.16. The second-order valence-electron chi connectivity index (χ2n) is 5.08. The summed E-state index contributed by atoms with van der Waals surface area (Å²) < 4.78 is 5.37. The smallest absolute Gasteiger partial charge is 0.0594 e. The van der Waals surface area contributed by atoms with E-state index < -0.39 is 0 Å². The van der Waals surface area contributed by atoms with Crippen LogP contribution in [0.1, 0.15) is 5.56 Å². The largest absolute Gasteiger partial charge is 0.399 e. The molecule has 98 valence electrons. The van der Waals surface area contributed by atoms with Crippen LogP contribution in [0.4, 0.5) is 11.4 Å². The molecule has 0 bridgehead atoms. The molecule has 1 aromatic rings. The summed E-state index contributed by atoms with van der Waals surface area (Å²) in [5.74, 6) is 0. The molecular formula is C14H21N3O. The van der Waals surface area contributed by atoms with Crippen LogP contribution in [0.3, 0.4) is 0 Å². The number of nitrogen functional groups attached to an aromatic ring is 1. The highest BCUT2D eigenvalue weighted by Crippen LogP contribution is 2.29. The van der Waals surface area contributed by atoms with Gasteiger partial charge in [0.15, 0.2) is 0 Å². The molecule has 0 spiro atoms. The van der Waals surface area contributed by atoms with Gasteiger partial charge in [-0.15, -0.1) is 0 Å². The molecule has 2 aliphatic rings. The van der Waals surface area contributed by atoms with Crippen molar-refractivity contribution in [1.29, 1.82) is 0 Å². The van der Waals surface area contributed by atoms with Crippen LogP contribution in [0.5, 0.6) is 0 Å². The van der Waals surface area contributed by atoms with Gasteiger partial charge in [0.2, 0.25) is 0 Å². The maximum atomic E-state index is 5.88. The Hall–Kier alpha value is -1.26. The quantitative estimate of drug-likeness (QED) is 0.808. The van der Waals surface area contributed by atoms with E-state index in [0.29, 0.717) is 0 Å². The molecule has 1 saturated heterocycles. The van der Waals surface area contributed by atoms with Crippen LogP contribution in [-0.4, -0.2) is 50.8 Å². The number of morpholine rings is 1. The van der Waals surface area contributed by atoms with Crippen LogP contribution in [0, 0.1) is 0 Å². The van der Waals surface area contributed by atoms with Crippen molar-refractivity contribution >= 4 is 11.4 Å². The molecule has 0 saturated carbocycles. The minimum atomic E-state index is 0.868. The van der Waals surface area contributed by atoms with Crippen LogP contribution in [0.25, 0.3) is 0 Å². The molecule has 2 aliphatic heterocycles. The molecule has 2 N–H and O–H groups in total. The fourth-order valence-electron chi connectivity index (χ4n) is 2.78. The zero-order valence-electron chi connectivity index (χ0n) is 10.8. The molecular weight excluding hydrogens is 226 g/mol. The van der Waals surface area contributed by atoms with Gasteiger partial charge in [-0.1, -0.05) is 6.07 Å². The molecule has 0 amide bonds. The minimum Gasteiger partial charge on any atom is -0.399 e. The summed E-state index contributed by atoms with van der Waals surface area (Å²) in [4.78, 5) is 4.94. The predicted octanol–water partition coefficient (Wildman–Crippen LogP) is 0.963. The standard InChI is InChI=1S/C14H21N3O/c15-13-2-1-12-3-4-17(14(12)11-13)6-5-16-7-9-18-10-8-16/h1-2,11H,3-10,15H2. The topological polar surface area (TPSA) is 41.7 Å². The average molecular weight is 247 g/mol. The number of benzene rings is 1. The first-order chi connectivity index (χ1) is 8.83. The van der Waals surface area contributed by atoms with E-state index in [2.05, 4.69) is 21.9 Å². The Bertz CT molecular complexity index is 416. The molecule has 0 aliphatic carbocycles. The summed E-state index contributed by atoms with van der Waals surface area (Å²) >= 11 is 0. The van der Waals surface area contributed by atoms with Crippen molar-refractivity contribution in [2.24, 2.45) is 0 Å². The van der Waals surface area contributed by atoms with Gasteiger partial charge in [0.05, 0.1) is 13.2 Å². The monoisotopic (exact) mass is 247 g/mol. The van der Waals surface area contributed by atoms with Crippen molar-refractivity contribution < 1.29 is 4.74 Å². The third-order valence-corrected chi connectivity index (χ3v) is 3.89. The van der Waals surface area contributed by atoms with Crippen LogP contribution in [0.15, 0.2) is 18.2 Å². The summed E-state index contributed by atoms with van der Waals surface area (Å²) in [6.45, 7) is 7.24. The summed E-state index contributed by atoms with van der Waals surface area (Å²) in [6, 6.07) is 6.28. The highest BCUT2D eigenvalue weighted by Gasteiger charge is 2.20. The number of rotatable bonds is 3. The number of fused-ring (bicyclic) bond motifs is 1. The molecule has 18 heavy (non-hydrogen) atoms. The van der Waals surface area contributed by atoms with Gasteiger partial charge < -0.3 is 15.4 Å². The van der Waals surface area contributed by atoms with Crippen LogP contribution >= 0.6 is 0 Å². The third kappa shape index (κ3) is 2.44. The SMILES string of the molecule is Nc1ccc2c(c1)N(CCN1CCOCC1)CC2. The first-order valence-electron chi connectivity index (χ1n) is 6.76. The predicted molar refractivity (Wildman–Crippen MR) is 74.0 cm³/mol. The number of nitrogens with zero attached hydrogens (tertiary/aromatic N) is 2. The highest BCUT2D eigenvalue weighted by molar-refractivity contribution is 5.64. The highest BCUT2D eigenvalue weighted by atomic mass is 16.5. The van der Waals surface area contributed by atoms with Crippen molar-refractivity contribution in [2.45, 2.75) is 6.42 Å². The van der Waals surface area contributed by atoms with E-state index in [0.717, 1.165) is 58.0 Å². The first-order valence-corrected chi connectivity index (χ1v) is 6.76. The molecule has 0 radical (unpaired) electrons. The Labute approximate surface area is 108 Å². The number of hydrogen-bond acceptors (Lipinski definition) is 4. The summed E-state index contributed by atoms with van der Waals surface area (Å²) in [6.07, 6.45) is 1.15. The Balaban J connectivity index is 1.60. The van der Waals surface area contributed by atoms with Gasteiger partial charge in [-0.3, -0.25) is 4.90 Å². The van der Waals surface area contributed by atoms with Gasteiger partial charge in [-0.25, -0.2) is 0 Å². The lowest BCUT2D eigenvalue weighted by Gasteiger charge is -2.29. The lowest BCUT2D eigenvalue weighted by molar-refractivity contribution is 0.0392. The maximum absolute atomic E-state index is 5.88. The van der Waals surface area contributed by atoms with E-state index in [1.807, 2.05) is 6.07 Å². The number of anilines is 2. The summed E-state index contributed by atoms with van der Waals surface area (Å²) in [5, 5.41) is 0. The maximum Gasteiger partial charge on any atom is 0.0594 e. The molecule has 1 aromatic carbocycles. The molecule has 0 unspecified atom stereocenters. The van der Waals surface area contributed by atoms with Crippen molar-refractivity contribution in [3.8, 4) is 0 Å². The zero-order chi connectivity index (χ0) is 12.4. The minimum absolute atomic E-state index is 0.868. The van der Waals surface area contributed by atoms with Gasteiger partial charge in [-0.05, 0) is 24.1 Å². The van der Waals surface area contributed by atoms with E-state index in [-0.39, 0.29) is 0 Å². The van der Waals surface area contributed by atoms with Gasteiger partial charge in [0, 0.05) is 44.1 Å².